The van der Waals surface area contributed by atoms with E-state index in [9.17, 15) is 35.1 Å². The molecule has 0 heterocycles. The van der Waals surface area contributed by atoms with E-state index in [0.717, 1.165) is 0 Å². The Balaban J connectivity index is 0.00000324. The maximum atomic E-state index is 13.0. The Morgan fingerprint density at radius 2 is 1.26 bits per heavy atom. The number of hydrogen-bond acceptors (Lipinski definition) is 1. The highest BCUT2D eigenvalue weighted by Gasteiger charge is 2.62. The second kappa shape index (κ2) is 5.49. The van der Waals surface area contributed by atoms with Crippen molar-refractivity contribution in [2.75, 3.05) is 0 Å². The fourth-order valence-electron chi connectivity index (χ4n) is 1.15. The lowest BCUT2D eigenvalue weighted by Crippen LogP contribution is -2.46. The van der Waals surface area contributed by atoms with Gasteiger partial charge in [0.1, 0.15) is 11.9 Å². The van der Waals surface area contributed by atoms with Crippen molar-refractivity contribution in [2.24, 2.45) is 5.73 Å². The average Bonchev–Trinajstić information content (AvgIpc) is 2.20. The number of halogens is 9. The molecule has 0 amide bonds. The van der Waals surface area contributed by atoms with Gasteiger partial charge in [-0.3, -0.25) is 0 Å². The van der Waals surface area contributed by atoms with Crippen molar-refractivity contribution in [3.63, 3.8) is 0 Å². The summed E-state index contributed by atoms with van der Waals surface area (Å²) in [5, 5.41) is 0. The molecule has 0 aliphatic rings. The first-order valence-corrected chi connectivity index (χ1v) is 4.33. The molecule has 0 unspecified atom stereocenters. The number of rotatable bonds is 2. The quantitative estimate of drug-likeness (QED) is 0.653. The highest BCUT2D eigenvalue weighted by Crippen LogP contribution is 2.43. The van der Waals surface area contributed by atoms with Crippen LogP contribution in [0.2, 0.25) is 0 Å². The van der Waals surface area contributed by atoms with E-state index in [2.05, 4.69) is 5.73 Å². The van der Waals surface area contributed by atoms with E-state index in [1.54, 1.807) is 0 Å². The molecule has 0 aromatic heterocycles. The molecule has 1 nitrogen and oxygen atoms in total. The van der Waals surface area contributed by atoms with Crippen molar-refractivity contribution in [3.8, 4) is 0 Å². The van der Waals surface area contributed by atoms with Gasteiger partial charge in [-0.2, -0.15) is 22.0 Å². The maximum Gasteiger partial charge on any atom is 0.455 e. The Kier molecular flexibility index (Phi) is 5.18. The van der Waals surface area contributed by atoms with Crippen molar-refractivity contribution in [1.82, 2.24) is 0 Å². The van der Waals surface area contributed by atoms with Crippen LogP contribution in [0.25, 0.3) is 0 Å². The molecular formula is C9H6ClF8N. The van der Waals surface area contributed by atoms with Crippen molar-refractivity contribution < 1.29 is 35.1 Å². The van der Waals surface area contributed by atoms with E-state index >= 15 is 0 Å². The molecule has 1 atom stereocenters. The minimum atomic E-state index is -6.04. The standard InChI is InChI=1S/C9H5F8N.ClH/c10-4-2-6(12)5(11)1-3(4)7(18)8(13,14)9(15,16)17;/h1-2,7H,18H2;1H/t7-;/m1./s1. The molecular weight excluding hydrogens is 310 g/mol. The van der Waals surface area contributed by atoms with Crippen LogP contribution in [0.4, 0.5) is 35.1 Å². The van der Waals surface area contributed by atoms with Crippen LogP contribution in [0.15, 0.2) is 12.1 Å². The smallest absolute Gasteiger partial charge is 0.319 e. The number of nitrogens with two attached hydrogens (primary N) is 1. The van der Waals surface area contributed by atoms with Crippen LogP contribution in [0.1, 0.15) is 11.6 Å². The van der Waals surface area contributed by atoms with Gasteiger partial charge in [0.05, 0.1) is 0 Å². The summed E-state index contributed by atoms with van der Waals surface area (Å²) >= 11 is 0. The molecule has 110 valence electrons. The Morgan fingerprint density at radius 1 is 0.842 bits per heavy atom. The molecule has 0 saturated heterocycles. The lowest BCUT2D eigenvalue weighted by molar-refractivity contribution is -0.291. The summed E-state index contributed by atoms with van der Waals surface area (Å²) in [6.45, 7) is 0. The van der Waals surface area contributed by atoms with Gasteiger partial charge >= 0.3 is 12.1 Å². The summed E-state index contributed by atoms with van der Waals surface area (Å²) < 4.78 is 99.6. The normalized spacial score (nSPS) is 13.9. The Hall–Kier alpha value is -1.09. The third kappa shape index (κ3) is 3.27. The first-order chi connectivity index (χ1) is 7.98. The molecule has 1 rings (SSSR count). The summed E-state index contributed by atoms with van der Waals surface area (Å²) in [7, 11) is 0. The summed E-state index contributed by atoms with van der Waals surface area (Å²) in [4.78, 5) is 0. The fourth-order valence-corrected chi connectivity index (χ4v) is 1.15. The van der Waals surface area contributed by atoms with Gasteiger partial charge in [-0.25, -0.2) is 13.2 Å². The second-order valence-corrected chi connectivity index (χ2v) is 3.39. The highest BCUT2D eigenvalue weighted by molar-refractivity contribution is 5.85. The van der Waals surface area contributed by atoms with E-state index in [1.165, 1.54) is 0 Å². The largest absolute Gasteiger partial charge is 0.455 e. The third-order valence-corrected chi connectivity index (χ3v) is 2.14. The van der Waals surface area contributed by atoms with Gasteiger partial charge in [0.2, 0.25) is 0 Å². The first-order valence-electron chi connectivity index (χ1n) is 4.33. The van der Waals surface area contributed by atoms with Crippen molar-refractivity contribution >= 4 is 12.4 Å². The van der Waals surface area contributed by atoms with Crippen LogP contribution >= 0.6 is 12.4 Å². The SMILES string of the molecule is Cl.N[C@H](c1cc(F)c(F)cc1F)C(F)(F)C(F)(F)F. The topological polar surface area (TPSA) is 26.0 Å². The zero-order chi connectivity index (χ0) is 14.3. The second-order valence-electron chi connectivity index (χ2n) is 3.39. The number of alkyl halides is 5. The summed E-state index contributed by atoms with van der Waals surface area (Å²) in [6, 6.07) is -3.46. The van der Waals surface area contributed by atoms with E-state index in [-0.39, 0.29) is 24.5 Å². The third-order valence-electron chi connectivity index (χ3n) is 2.14. The molecule has 0 spiro atoms. The Bertz CT molecular complexity index is 458. The lowest BCUT2D eigenvalue weighted by atomic mass is 10.00. The molecule has 0 fully saturated rings. The average molecular weight is 316 g/mol. The van der Waals surface area contributed by atoms with Gasteiger partial charge in [0.15, 0.2) is 11.6 Å². The van der Waals surface area contributed by atoms with Gasteiger partial charge in [-0.1, -0.05) is 0 Å². The van der Waals surface area contributed by atoms with E-state index < -0.39 is 41.2 Å². The van der Waals surface area contributed by atoms with Crippen LogP contribution in [0.5, 0.6) is 0 Å². The Labute approximate surface area is 107 Å². The first kappa shape index (κ1) is 17.9. The number of hydrogen-bond donors (Lipinski definition) is 1. The monoisotopic (exact) mass is 315 g/mol. The zero-order valence-corrected chi connectivity index (χ0v) is 9.56. The molecule has 0 aliphatic carbocycles. The molecule has 0 saturated carbocycles. The van der Waals surface area contributed by atoms with Gasteiger partial charge in [0, 0.05) is 11.6 Å². The maximum absolute atomic E-state index is 13.0. The van der Waals surface area contributed by atoms with E-state index in [4.69, 9.17) is 0 Å². The van der Waals surface area contributed by atoms with Gasteiger partial charge in [0.25, 0.3) is 0 Å². The van der Waals surface area contributed by atoms with Crippen LogP contribution < -0.4 is 5.73 Å². The summed E-state index contributed by atoms with van der Waals surface area (Å²) in [5.41, 5.74) is 3.12. The number of benzene rings is 1. The van der Waals surface area contributed by atoms with Crippen LogP contribution in [0, 0.1) is 17.5 Å². The summed E-state index contributed by atoms with van der Waals surface area (Å²) in [6.07, 6.45) is -6.04. The van der Waals surface area contributed by atoms with Crippen LogP contribution in [-0.4, -0.2) is 12.1 Å². The predicted molar refractivity (Wildman–Crippen MR) is 51.5 cm³/mol. The van der Waals surface area contributed by atoms with Gasteiger partial charge in [-0.15, -0.1) is 12.4 Å². The molecule has 0 bridgehead atoms. The minimum Gasteiger partial charge on any atom is -0.319 e. The minimum absolute atomic E-state index is 0. The molecule has 2 N–H and O–H groups in total. The fraction of sp³-hybridized carbons (Fsp3) is 0.333. The van der Waals surface area contributed by atoms with Gasteiger partial charge < -0.3 is 5.73 Å². The molecule has 19 heavy (non-hydrogen) atoms. The predicted octanol–water partition coefficient (Wildman–Crippen LogP) is 3.72. The molecule has 1 aromatic carbocycles. The van der Waals surface area contributed by atoms with E-state index in [1.807, 2.05) is 0 Å². The zero-order valence-electron chi connectivity index (χ0n) is 8.74. The highest BCUT2D eigenvalue weighted by atomic mass is 35.5. The van der Waals surface area contributed by atoms with Crippen molar-refractivity contribution in [1.29, 1.82) is 0 Å². The summed E-state index contributed by atoms with van der Waals surface area (Å²) in [5.74, 6) is -10.8. The lowest BCUT2D eigenvalue weighted by Gasteiger charge is -2.26. The Morgan fingerprint density at radius 3 is 1.68 bits per heavy atom. The molecule has 0 aliphatic heterocycles. The van der Waals surface area contributed by atoms with E-state index in [0.29, 0.717) is 0 Å². The van der Waals surface area contributed by atoms with Crippen molar-refractivity contribution in [3.05, 3.63) is 35.1 Å². The molecule has 0 radical (unpaired) electrons. The van der Waals surface area contributed by atoms with Crippen molar-refractivity contribution in [2.45, 2.75) is 18.1 Å². The van der Waals surface area contributed by atoms with Crippen LogP contribution in [-0.2, 0) is 0 Å². The van der Waals surface area contributed by atoms with Gasteiger partial charge in [-0.05, 0) is 6.07 Å². The molecule has 10 heteroatoms. The molecule has 1 aromatic rings. The van der Waals surface area contributed by atoms with Crippen LogP contribution in [0.3, 0.4) is 0 Å².